The number of nitro groups is 1. The van der Waals surface area contributed by atoms with Gasteiger partial charge in [-0.15, -0.1) is 0 Å². The van der Waals surface area contributed by atoms with Crippen molar-refractivity contribution in [3.05, 3.63) is 55.5 Å². The largest absolute Gasteiger partial charge is 0.477 e. The van der Waals surface area contributed by atoms with Gasteiger partial charge >= 0.3 is 5.69 Å². The monoisotopic (exact) mass is 455 g/mol. The van der Waals surface area contributed by atoms with Gasteiger partial charge in [-0.3, -0.25) is 14.9 Å². The number of halogens is 2. The van der Waals surface area contributed by atoms with E-state index in [0.29, 0.717) is 21.5 Å². The molecular formula is C16H11BrClN3O6. The highest BCUT2D eigenvalue weighted by molar-refractivity contribution is 9.10. The highest BCUT2D eigenvalue weighted by Gasteiger charge is 2.17. The Kier molecular flexibility index (Phi) is 5.77. The van der Waals surface area contributed by atoms with Crippen molar-refractivity contribution < 1.29 is 23.9 Å². The summed E-state index contributed by atoms with van der Waals surface area (Å²) in [4.78, 5) is 22.2. The molecule has 0 saturated carbocycles. The fourth-order valence-electron chi connectivity index (χ4n) is 2.14. The summed E-state index contributed by atoms with van der Waals surface area (Å²) in [7, 11) is 0. The summed E-state index contributed by atoms with van der Waals surface area (Å²) >= 11 is 9.09. The first-order valence-corrected chi connectivity index (χ1v) is 8.59. The number of hydrogen-bond acceptors (Lipinski definition) is 7. The highest BCUT2D eigenvalue weighted by atomic mass is 79.9. The lowest BCUT2D eigenvalue weighted by Crippen LogP contribution is -2.24. The maximum absolute atomic E-state index is 11.8. The van der Waals surface area contributed by atoms with Crippen molar-refractivity contribution in [2.45, 2.75) is 0 Å². The van der Waals surface area contributed by atoms with E-state index in [1.807, 2.05) is 0 Å². The molecule has 0 aliphatic carbocycles. The topological polar surface area (TPSA) is 112 Å². The second-order valence-corrected chi connectivity index (χ2v) is 6.47. The zero-order valence-corrected chi connectivity index (χ0v) is 15.8. The maximum atomic E-state index is 11.8. The van der Waals surface area contributed by atoms with Gasteiger partial charge in [0.2, 0.25) is 6.79 Å². The first-order valence-electron chi connectivity index (χ1n) is 7.42. The number of rotatable bonds is 6. The second-order valence-electron chi connectivity index (χ2n) is 5.18. The average Bonchev–Trinajstić information content (AvgIpc) is 3.07. The number of fused-ring (bicyclic) bond motifs is 1. The Morgan fingerprint density at radius 1 is 1.37 bits per heavy atom. The minimum atomic E-state index is -0.644. The minimum absolute atomic E-state index is 0.0676. The SMILES string of the molecule is O=C(COc1ccc(Cl)cc1[N+](=O)[O-])N/N=C\c1cc2c(cc1Br)OCO2. The van der Waals surface area contributed by atoms with Crippen LogP contribution < -0.4 is 19.6 Å². The average molecular weight is 457 g/mol. The van der Waals surface area contributed by atoms with Gasteiger partial charge in [0.1, 0.15) is 0 Å². The van der Waals surface area contributed by atoms with Gasteiger partial charge < -0.3 is 14.2 Å². The van der Waals surface area contributed by atoms with Crippen LogP contribution >= 0.6 is 27.5 Å². The van der Waals surface area contributed by atoms with Crippen molar-refractivity contribution in [3.8, 4) is 17.2 Å². The van der Waals surface area contributed by atoms with Crippen molar-refractivity contribution in [1.82, 2.24) is 5.43 Å². The number of carbonyl (C=O) groups excluding carboxylic acids is 1. The van der Waals surface area contributed by atoms with E-state index in [1.165, 1.54) is 18.3 Å². The van der Waals surface area contributed by atoms with E-state index in [1.54, 1.807) is 12.1 Å². The van der Waals surface area contributed by atoms with E-state index in [0.717, 1.165) is 6.07 Å². The molecule has 11 heteroatoms. The molecule has 1 aliphatic heterocycles. The number of carbonyl (C=O) groups is 1. The molecule has 1 heterocycles. The first-order chi connectivity index (χ1) is 12.9. The first kappa shape index (κ1) is 18.9. The summed E-state index contributed by atoms with van der Waals surface area (Å²) < 4.78 is 16.4. The van der Waals surface area contributed by atoms with Gasteiger partial charge in [-0.25, -0.2) is 5.43 Å². The van der Waals surface area contributed by atoms with Gasteiger partial charge in [-0.1, -0.05) is 11.6 Å². The predicted molar refractivity (Wildman–Crippen MR) is 99.6 cm³/mol. The fraction of sp³-hybridized carbons (Fsp3) is 0.125. The molecule has 0 spiro atoms. The predicted octanol–water partition coefficient (Wildman–Crippen LogP) is 3.27. The van der Waals surface area contributed by atoms with Crippen LogP contribution in [0.5, 0.6) is 17.2 Å². The summed E-state index contributed by atoms with van der Waals surface area (Å²) in [5.41, 5.74) is 2.60. The van der Waals surface area contributed by atoms with Gasteiger partial charge in [0.15, 0.2) is 23.9 Å². The molecule has 1 N–H and O–H groups in total. The third-order valence-electron chi connectivity index (χ3n) is 3.36. The number of hydrogen-bond donors (Lipinski definition) is 1. The van der Waals surface area contributed by atoms with Gasteiger partial charge in [0, 0.05) is 21.1 Å². The molecule has 140 valence electrons. The van der Waals surface area contributed by atoms with Crippen LogP contribution in [-0.4, -0.2) is 30.4 Å². The van der Waals surface area contributed by atoms with Crippen LogP contribution in [0.3, 0.4) is 0 Å². The molecule has 0 bridgehead atoms. The molecule has 1 amide bonds. The molecule has 0 fully saturated rings. The normalized spacial score (nSPS) is 12.2. The second kappa shape index (κ2) is 8.23. The Bertz CT molecular complexity index is 937. The Morgan fingerprint density at radius 3 is 2.85 bits per heavy atom. The van der Waals surface area contributed by atoms with Crippen LogP contribution in [0.2, 0.25) is 5.02 Å². The number of ether oxygens (including phenoxy) is 3. The Balaban J connectivity index is 1.58. The zero-order valence-electron chi connectivity index (χ0n) is 13.5. The molecule has 27 heavy (non-hydrogen) atoms. The maximum Gasteiger partial charge on any atom is 0.312 e. The van der Waals surface area contributed by atoms with Crippen molar-refractivity contribution in [2.75, 3.05) is 13.4 Å². The van der Waals surface area contributed by atoms with Gasteiger partial charge in [-0.2, -0.15) is 5.10 Å². The van der Waals surface area contributed by atoms with Gasteiger partial charge in [0.25, 0.3) is 5.91 Å². The molecule has 1 aliphatic rings. The highest BCUT2D eigenvalue weighted by Crippen LogP contribution is 2.36. The molecule has 9 nitrogen and oxygen atoms in total. The van der Waals surface area contributed by atoms with Crippen molar-refractivity contribution in [2.24, 2.45) is 5.10 Å². The minimum Gasteiger partial charge on any atom is -0.477 e. The van der Waals surface area contributed by atoms with Crippen LogP contribution in [0.1, 0.15) is 5.56 Å². The van der Waals surface area contributed by atoms with E-state index >= 15 is 0 Å². The van der Waals surface area contributed by atoms with Gasteiger partial charge in [-0.05, 0) is 40.2 Å². The lowest BCUT2D eigenvalue weighted by molar-refractivity contribution is -0.385. The molecule has 0 radical (unpaired) electrons. The number of hydrazone groups is 1. The molecular weight excluding hydrogens is 446 g/mol. The van der Waals surface area contributed by atoms with Crippen molar-refractivity contribution in [3.63, 3.8) is 0 Å². The van der Waals surface area contributed by atoms with E-state index < -0.39 is 17.4 Å². The van der Waals surface area contributed by atoms with E-state index in [2.05, 4.69) is 26.5 Å². The number of nitrogens with one attached hydrogen (secondary N) is 1. The zero-order chi connectivity index (χ0) is 19.4. The molecule has 0 saturated heterocycles. The van der Waals surface area contributed by atoms with E-state index in [4.69, 9.17) is 25.8 Å². The van der Waals surface area contributed by atoms with Gasteiger partial charge in [0.05, 0.1) is 11.1 Å². The van der Waals surface area contributed by atoms with Crippen LogP contribution in [0.15, 0.2) is 39.9 Å². The Morgan fingerprint density at radius 2 is 2.11 bits per heavy atom. The van der Waals surface area contributed by atoms with E-state index in [9.17, 15) is 14.9 Å². The summed E-state index contributed by atoms with van der Waals surface area (Å²) in [6.45, 7) is -0.310. The third-order valence-corrected chi connectivity index (χ3v) is 4.28. The third kappa shape index (κ3) is 4.66. The lowest BCUT2D eigenvalue weighted by atomic mass is 10.2. The van der Waals surface area contributed by atoms with Crippen LogP contribution in [0, 0.1) is 10.1 Å². The molecule has 0 aromatic heterocycles. The van der Waals surface area contributed by atoms with Crippen LogP contribution in [0.4, 0.5) is 5.69 Å². The smallest absolute Gasteiger partial charge is 0.312 e. The molecule has 0 atom stereocenters. The number of benzene rings is 2. The standard InChI is InChI=1S/C16H11BrClN3O6/c17-11-5-15-14(26-8-27-15)3-9(11)6-19-20-16(22)7-25-13-2-1-10(18)4-12(13)21(23)24/h1-6H,7-8H2,(H,20,22)/b19-6-. The van der Waals surface area contributed by atoms with Crippen molar-refractivity contribution >= 4 is 45.3 Å². The molecule has 2 aromatic rings. The molecule has 3 rings (SSSR count). The molecule has 0 unspecified atom stereocenters. The quantitative estimate of drug-likeness (QED) is 0.406. The molecule has 2 aromatic carbocycles. The van der Waals surface area contributed by atoms with Crippen molar-refractivity contribution in [1.29, 1.82) is 0 Å². The van der Waals surface area contributed by atoms with Crippen LogP contribution in [0.25, 0.3) is 0 Å². The summed E-state index contributed by atoms with van der Waals surface area (Å²) in [6.07, 6.45) is 1.41. The van der Waals surface area contributed by atoms with Crippen LogP contribution in [-0.2, 0) is 4.79 Å². The summed E-state index contributed by atoms with van der Waals surface area (Å²) in [6, 6.07) is 7.33. The number of nitro benzene ring substituents is 1. The Hall–Kier alpha value is -2.85. The lowest BCUT2D eigenvalue weighted by Gasteiger charge is -2.06. The fourth-order valence-corrected chi connectivity index (χ4v) is 2.73. The number of amides is 1. The Labute approximate surface area is 166 Å². The summed E-state index contributed by atoms with van der Waals surface area (Å²) in [5, 5.41) is 15.0. The van der Waals surface area contributed by atoms with E-state index in [-0.39, 0.29) is 23.3 Å². The summed E-state index contributed by atoms with van der Waals surface area (Å²) in [5.74, 6) is 0.528. The number of nitrogens with zero attached hydrogens (tertiary/aromatic N) is 2.